The van der Waals surface area contributed by atoms with Gasteiger partial charge in [0.05, 0.1) is 0 Å². The zero-order valence-electron chi connectivity index (χ0n) is 8.44. The highest BCUT2D eigenvalue weighted by Gasteiger charge is 2.09. The molecule has 0 saturated carbocycles. The molecule has 3 nitrogen and oxygen atoms in total. The third-order valence-electron chi connectivity index (χ3n) is 2.38. The van der Waals surface area contributed by atoms with E-state index in [2.05, 4.69) is 4.98 Å². The van der Waals surface area contributed by atoms with Crippen molar-refractivity contribution in [3.8, 4) is 16.9 Å². The van der Waals surface area contributed by atoms with Crippen molar-refractivity contribution in [1.29, 1.82) is 0 Å². The molecule has 0 aliphatic heterocycles. The van der Waals surface area contributed by atoms with Gasteiger partial charge in [0.1, 0.15) is 5.75 Å². The number of anilines is 1. The molecule has 0 spiro atoms. The maximum Gasteiger partial charge on any atom is 0.125 e. The van der Waals surface area contributed by atoms with Crippen LogP contribution in [0, 0.1) is 6.92 Å². The second-order valence-corrected chi connectivity index (χ2v) is 3.43. The Morgan fingerprint density at radius 2 is 2.07 bits per heavy atom. The summed E-state index contributed by atoms with van der Waals surface area (Å²) in [7, 11) is 0. The monoisotopic (exact) mass is 200 g/mol. The Morgan fingerprint density at radius 1 is 1.27 bits per heavy atom. The second kappa shape index (κ2) is 3.61. The molecular formula is C12H12N2O. The van der Waals surface area contributed by atoms with Crippen molar-refractivity contribution >= 4 is 5.69 Å². The summed E-state index contributed by atoms with van der Waals surface area (Å²) in [6, 6.07) is 7.00. The van der Waals surface area contributed by atoms with E-state index in [1.165, 1.54) is 0 Å². The zero-order valence-corrected chi connectivity index (χ0v) is 8.44. The first-order chi connectivity index (χ1) is 7.20. The minimum Gasteiger partial charge on any atom is -0.507 e. The lowest BCUT2D eigenvalue weighted by molar-refractivity contribution is 0.477. The minimum atomic E-state index is 0.186. The summed E-state index contributed by atoms with van der Waals surface area (Å²) in [4.78, 5) is 4.04. The molecule has 3 N–H and O–H groups in total. The Balaban J connectivity index is 2.69. The highest BCUT2D eigenvalue weighted by molar-refractivity contribution is 5.82. The van der Waals surface area contributed by atoms with Gasteiger partial charge in [-0.05, 0) is 30.7 Å². The van der Waals surface area contributed by atoms with Gasteiger partial charge >= 0.3 is 0 Å². The standard InChI is InChI=1S/C12H12N2O/c1-8-5-6-14-7-9(8)12-10(13)3-2-4-11(12)15/h2-7,15H,13H2,1H3. The van der Waals surface area contributed by atoms with Gasteiger partial charge < -0.3 is 10.8 Å². The van der Waals surface area contributed by atoms with Crippen LogP contribution >= 0.6 is 0 Å². The van der Waals surface area contributed by atoms with Crippen molar-refractivity contribution in [3.63, 3.8) is 0 Å². The largest absolute Gasteiger partial charge is 0.507 e. The molecule has 0 amide bonds. The van der Waals surface area contributed by atoms with Crippen molar-refractivity contribution < 1.29 is 5.11 Å². The molecule has 1 heterocycles. The number of aromatic hydroxyl groups is 1. The smallest absolute Gasteiger partial charge is 0.125 e. The van der Waals surface area contributed by atoms with Crippen molar-refractivity contribution in [2.24, 2.45) is 0 Å². The second-order valence-electron chi connectivity index (χ2n) is 3.43. The van der Waals surface area contributed by atoms with Gasteiger partial charge in [-0.2, -0.15) is 0 Å². The predicted octanol–water partition coefficient (Wildman–Crippen LogP) is 2.34. The lowest BCUT2D eigenvalue weighted by Crippen LogP contribution is -1.92. The van der Waals surface area contributed by atoms with Crippen LogP contribution in [0.3, 0.4) is 0 Å². The lowest BCUT2D eigenvalue weighted by atomic mass is 10.0. The highest BCUT2D eigenvalue weighted by Crippen LogP contribution is 2.35. The summed E-state index contributed by atoms with van der Waals surface area (Å²) < 4.78 is 0. The van der Waals surface area contributed by atoms with Crippen LogP contribution in [0.5, 0.6) is 5.75 Å². The molecule has 0 radical (unpaired) electrons. The van der Waals surface area contributed by atoms with Gasteiger partial charge in [0.2, 0.25) is 0 Å². The Labute approximate surface area is 88.2 Å². The van der Waals surface area contributed by atoms with Gasteiger partial charge in [-0.1, -0.05) is 6.07 Å². The molecule has 3 heteroatoms. The summed E-state index contributed by atoms with van der Waals surface area (Å²) in [5, 5.41) is 9.76. The average Bonchev–Trinajstić information content (AvgIpc) is 2.20. The molecule has 2 aromatic rings. The Kier molecular flexibility index (Phi) is 2.29. The van der Waals surface area contributed by atoms with Crippen LogP contribution in [0.1, 0.15) is 5.56 Å². The first kappa shape index (κ1) is 9.52. The van der Waals surface area contributed by atoms with Crippen molar-refractivity contribution in [2.75, 3.05) is 5.73 Å². The number of aryl methyl sites for hydroxylation is 1. The maximum atomic E-state index is 9.76. The molecule has 76 valence electrons. The van der Waals surface area contributed by atoms with Crippen LogP contribution < -0.4 is 5.73 Å². The molecule has 0 bridgehead atoms. The van der Waals surface area contributed by atoms with E-state index in [1.807, 2.05) is 13.0 Å². The van der Waals surface area contributed by atoms with Crippen molar-refractivity contribution in [3.05, 3.63) is 42.2 Å². The lowest BCUT2D eigenvalue weighted by Gasteiger charge is -2.09. The van der Waals surface area contributed by atoms with Gasteiger partial charge in [0.15, 0.2) is 0 Å². The number of benzene rings is 1. The number of rotatable bonds is 1. The minimum absolute atomic E-state index is 0.186. The third-order valence-corrected chi connectivity index (χ3v) is 2.38. The summed E-state index contributed by atoms with van der Waals surface area (Å²) in [6.45, 7) is 1.96. The number of aromatic nitrogens is 1. The number of hydrogen-bond donors (Lipinski definition) is 2. The molecule has 2 rings (SSSR count). The van der Waals surface area contributed by atoms with Gasteiger partial charge in [0, 0.05) is 29.2 Å². The fraction of sp³-hybridized carbons (Fsp3) is 0.0833. The Bertz CT molecular complexity index is 474. The van der Waals surface area contributed by atoms with Gasteiger partial charge in [0.25, 0.3) is 0 Å². The quantitative estimate of drug-likeness (QED) is 0.694. The summed E-state index contributed by atoms with van der Waals surface area (Å²) in [6.07, 6.45) is 3.43. The van der Waals surface area contributed by atoms with Crippen LogP contribution in [0.15, 0.2) is 36.7 Å². The normalized spacial score (nSPS) is 10.2. The number of hydrogen-bond acceptors (Lipinski definition) is 3. The van der Waals surface area contributed by atoms with Crippen LogP contribution in [-0.2, 0) is 0 Å². The molecule has 0 atom stereocenters. The summed E-state index contributed by atoms with van der Waals surface area (Å²) in [5.74, 6) is 0.186. The highest BCUT2D eigenvalue weighted by atomic mass is 16.3. The number of nitrogen functional groups attached to an aromatic ring is 1. The van der Waals surface area contributed by atoms with Crippen LogP contribution in [0.2, 0.25) is 0 Å². The SMILES string of the molecule is Cc1ccncc1-c1c(N)cccc1O. The van der Waals surface area contributed by atoms with Crippen LogP contribution in [0.4, 0.5) is 5.69 Å². The summed E-state index contributed by atoms with van der Waals surface area (Å²) >= 11 is 0. The van der Waals surface area contributed by atoms with Crippen LogP contribution in [-0.4, -0.2) is 10.1 Å². The molecule has 0 unspecified atom stereocenters. The molecule has 0 aliphatic carbocycles. The molecular weight excluding hydrogens is 188 g/mol. The molecule has 15 heavy (non-hydrogen) atoms. The van der Waals surface area contributed by atoms with E-state index in [0.717, 1.165) is 11.1 Å². The van der Waals surface area contributed by atoms with Crippen molar-refractivity contribution in [2.45, 2.75) is 6.92 Å². The molecule has 0 fully saturated rings. The average molecular weight is 200 g/mol. The van der Waals surface area contributed by atoms with Gasteiger partial charge in [-0.25, -0.2) is 0 Å². The Hall–Kier alpha value is -2.03. The maximum absolute atomic E-state index is 9.76. The predicted molar refractivity (Wildman–Crippen MR) is 60.5 cm³/mol. The summed E-state index contributed by atoms with van der Waals surface area (Å²) in [5.41, 5.74) is 8.96. The van der Waals surface area contributed by atoms with Gasteiger partial charge in [-0.15, -0.1) is 0 Å². The molecule has 0 saturated heterocycles. The topological polar surface area (TPSA) is 59.1 Å². The van der Waals surface area contributed by atoms with E-state index in [-0.39, 0.29) is 5.75 Å². The van der Waals surface area contributed by atoms with E-state index in [9.17, 15) is 5.11 Å². The molecule has 0 aliphatic rings. The van der Waals surface area contributed by atoms with E-state index in [4.69, 9.17) is 5.73 Å². The van der Waals surface area contributed by atoms with E-state index in [0.29, 0.717) is 11.3 Å². The number of phenolic OH excluding ortho intramolecular Hbond substituents is 1. The van der Waals surface area contributed by atoms with Crippen molar-refractivity contribution in [1.82, 2.24) is 4.98 Å². The fourth-order valence-corrected chi connectivity index (χ4v) is 1.58. The van der Waals surface area contributed by atoms with Crippen LogP contribution in [0.25, 0.3) is 11.1 Å². The zero-order chi connectivity index (χ0) is 10.8. The first-order valence-electron chi connectivity index (χ1n) is 4.68. The number of phenols is 1. The molecule has 1 aromatic heterocycles. The molecule has 1 aromatic carbocycles. The first-order valence-corrected chi connectivity index (χ1v) is 4.68. The van der Waals surface area contributed by atoms with E-state index < -0.39 is 0 Å². The van der Waals surface area contributed by atoms with Gasteiger partial charge in [-0.3, -0.25) is 4.98 Å². The van der Waals surface area contributed by atoms with E-state index in [1.54, 1.807) is 30.6 Å². The Morgan fingerprint density at radius 3 is 2.73 bits per heavy atom. The number of pyridine rings is 1. The van der Waals surface area contributed by atoms with E-state index >= 15 is 0 Å². The third kappa shape index (κ3) is 1.64. The number of nitrogens with zero attached hydrogens (tertiary/aromatic N) is 1. The fourth-order valence-electron chi connectivity index (χ4n) is 1.58. The number of nitrogens with two attached hydrogens (primary N) is 1.